The van der Waals surface area contributed by atoms with Crippen molar-refractivity contribution in [1.82, 2.24) is 0 Å². The number of alkyl halides is 1. The molecule has 1 fully saturated rings. The summed E-state index contributed by atoms with van der Waals surface area (Å²) in [5, 5.41) is 0. The van der Waals surface area contributed by atoms with Gasteiger partial charge >= 0.3 is 0 Å². The average molecular weight is 421 g/mol. The largest absolute Gasteiger partial charge is 0.497 e. The molecule has 1 aliphatic carbocycles. The third kappa shape index (κ3) is 4.49. The molecule has 0 spiro atoms. The van der Waals surface area contributed by atoms with Crippen LogP contribution >= 0.6 is 11.6 Å². The predicted octanol–water partition coefficient (Wildman–Crippen LogP) is 7.33. The zero-order chi connectivity index (χ0) is 20.8. The fourth-order valence-electron chi connectivity index (χ4n) is 4.30. The zero-order valence-corrected chi connectivity index (χ0v) is 18.3. The van der Waals surface area contributed by atoms with Crippen molar-refractivity contribution in [2.45, 2.75) is 49.5 Å². The minimum absolute atomic E-state index is 0.329. The summed E-state index contributed by atoms with van der Waals surface area (Å²) in [5.41, 5.74) is 3.07. The summed E-state index contributed by atoms with van der Waals surface area (Å²) in [5.74, 6) is 1.74. The van der Waals surface area contributed by atoms with Crippen molar-refractivity contribution in [3.63, 3.8) is 0 Å². The average Bonchev–Trinajstić information content (AvgIpc) is 3.08. The Morgan fingerprint density at radius 2 is 1.17 bits per heavy atom. The molecule has 3 aromatic rings. The first-order chi connectivity index (χ1) is 14.7. The molecule has 3 heteroatoms. The van der Waals surface area contributed by atoms with Crippen LogP contribution in [-0.4, -0.2) is 13.2 Å². The Balaban J connectivity index is 1.65. The van der Waals surface area contributed by atoms with Gasteiger partial charge in [0.25, 0.3) is 0 Å². The van der Waals surface area contributed by atoms with Crippen molar-refractivity contribution < 1.29 is 9.47 Å². The fourth-order valence-corrected chi connectivity index (χ4v) is 4.68. The molecule has 1 saturated carbocycles. The highest BCUT2D eigenvalue weighted by molar-refractivity contribution is 6.28. The van der Waals surface area contributed by atoms with E-state index in [1.807, 2.05) is 42.5 Å². The number of hydrogen-bond acceptors (Lipinski definition) is 2. The Morgan fingerprint density at radius 3 is 1.70 bits per heavy atom. The summed E-state index contributed by atoms with van der Waals surface area (Å²) in [6.45, 7) is 0. The Morgan fingerprint density at radius 1 is 0.667 bits per heavy atom. The van der Waals surface area contributed by atoms with Crippen LogP contribution in [0.2, 0.25) is 0 Å². The highest BCUT2D eigenvalue weighted by atomic mass is 35.5. The number of benzene rings is 3. The van der Waals surface area contributed by atoms with Crippen LogP contribution in [0.3, 0.4) is 0 Å². The standard InChI is InChI=1S/C27H29ClO2/c1-29-24-17-13-22(14-18-24)27(28,21-9-5-4-6-10-21)23-15-19-26(20-16-23)30-25-11-7-2-3-8-12-25/h4-6,9-10,13-20,25H,2-3,7-8,11-12H2,1H3. The monoisotopic (exact) mass is 420 g/mol. The van der Waals surface area contributed by atoms with Gasteiger partial charge in [-0.25, -0.2) is 0 Å². The molecule has 4 rings (SSSR count). The van der Waals surface area contributed by atoms with Gasteiger partial charge < -0.3 is 9.47 Å². The predicted molar refractivity (Wildman–Crippen MR) is 124 cm³/mol. The van der Waals surface area contributed by atoms with Gasteiger partial charge in [0.2, 0.25) is 0 Å². The molecule has 0 heterocycles. The van der Waals surface area contributed by atoms with E-state index in [0.29, 0.717) is 6.10 Å². The molecule has 1 atom stereocenters. The molecule has 0 aromatic heterocycles. The first-order valence-electron chi connectivity index (χ1n) is 10.9. The number of methoxy groups -OCH3 is 1. The lowest BCUT2D eigenvalue weighted by Crippen LogP contribution is -2.22. The van der Waals surface area contributed by atoms with E-state index < -0.39 is 4.87 Å². The van der Waals surface area contributed by atoms with E-state index in [1.165, 1.54) is 25.7 Å². The summed E-state index contributed by atoms with van der Waals surface area (Å²) in [6, 6.07) is 26.5. The van der Waals surface area contributed by atoms with E-state index in [2.05, 4.69) is 36.4 Å². The molecule has 156 valence electrons. The van der Waals surface area contributed by atoms with Crippen LogP contribution in [0.5, 0.6) is 11.5 Å². The Labute approximate surface area is 184 Å². The normalized spacial score (nSPS) is 17.0. The number of ether oxygens (including phenoxy) is 2. The van der Waals surface area contributed by atoms with E-state index in [9.17, 15) is 0 Å². The van der Waals surface area contributed by atoms with Crippen molar-refractivity contribution in [1.29, 1.82) is 0 Å². The van der Waals surface area contributed by atoms with Crippen LogP contribution in [0, 0.1) is 0 Å². The van der Waals surface area contributed by atoms with Crippen molar-refractivity contribution in [2.24, 2.45) is 0 Å². The van der Waals surface area contributed by atoms with Crippen LogP contribution < -0.4 is 9.47 Å². The fraction of sp³-hybridized carbons (Fsp3) is 0.333. The van der Waals surface area contributed by atoms with Crippen LogP contribution in [-0.2, 0) is 4.87 Å². The van der Waals surface area contributed by atoms with Crippen molar-refractivity contribution >= 4 is 11.6 Å². The lowest BCUT2D eigenvalue weighted by molar-refractivity contribution is 0.183. The highest BCUT2D eigenvalue weighted by Crippen LogP contribution is 2.44. The van der Waals surface area contributed by atoms with E-state index in [4.69, 9.17) is 21.1 Å². The van der Waals surface area contributed by atoms with Gasteiger partial charge in [0, 0.05) is 0 Å². The Kier molecular flexibility index (Phi) is 6.64. The molecule has 3 aromatic carbocycles. The van der Waals surface area contributed by atoms with Gasteiger partial charge in [-0.2, -0.15) is 0 Å². The lowest BCUT2D eigenvalue weighted by atomic mass is 9.84. The van der Waals surface area contributed by atoms with Crippen LogP contribution in [0.4, 0.5) is 0 Å². The van der Waals surface area contributed by atoms with Crippen molar-refractivity contribution in [3.8, 4) is 11.5 Å². The van der Waals surface area contributed by atoms with Gasteiger partial charge in [0.1, 0.15) is 16.4 Å². The maximum atomic E-state index is 7.40. The second kappa shape index (κ2) is 9.57. The maximum Gasteiger partial charge on any atom is 0.119 e. The molecule has 2 nitrogen and oxygen atoms in total. The first-order valence-corrected chi connectivity index (χ1v) is 11.2. The molecular formula is C27H29ClO2. The van der Waals surface area contributed by atoms with Gasteiger partial charge in [-0.3, -0.25) is 0 Å². The molecule has 0 N–H and O–H groups in total. The molecule has 1 unspecified atom stereocenters. The molecule has 0 amide bonds. The highest BCUT2D eigenvalue weighted by Gasteiger charge is 2.34. The topological polar surface area (TPSA) is 18.5 Å². The summed E-state index contributed by atoms with van der Waals surface area (Å²) in [4.78, 5) is -0.783. The first kappa shape index (κ1) is 20.8. The van der Waals surface area contributed by atoms with Gasteiger partial charge in [0.15, 0.2) is 0 Å². The summed E-state index contributed by atoms with van der Waals surface area (Å²) in [7, 11) is 1.67. The lowest BCUT2D eigenvalue weighted by Gasteiger charge is -2.29. The van der Waals surface area contributed by atoms with Gasteiger partial charge in [-0.05, 0) is 66.6 Å². The molecular weight excluding hydrogens is 392 g/mol. The van der Waals surface area contributed by atoms with E-state index in [0.717, 1.165) is 41.0 Å². The SMILES string of the molecule is COc1ccc(C(Cl)(c2ccccc2)c2ccc(OC3CCCCCC3)cc2)cc1. The second-order valence-corrected chi connectivity index (χ2v) is 8.58. The van der Waals surface area contributed by atoms with Gasteiger partial charge in [-0.15, -0.1) is 11.6 Å². The van der Waals surface area contributed by atoms with E-state index in [-0.39, 0.29) is 0 Å². The van der Waals surface area contributed by atoms with E-state index in [1.54, 1.807) is 7.11 Å². The van der Waals surface area contributed by atoms with Crippen molar-refractivity contribution in [3.05, 3.63) is 95.6 Å². The molecule has 1 aliphatic rings. The third-order valence-electron chi connectivity index (χ3n) is 6.02. The third-order valence-corrected chi connectivity index (χ3v) is 6.67. The summed E-state index contributed by atoms with van der Waals surface area (Å²) < 4.78 is 11.6. The van der Waals surface area contributed by atoms with Crippen molar-refractivity contribution in [2.75, 3.05) is 7.11 Å². The smallest absolute Gasteiger partial charge is 0.119 e. The van der Waals surface area contributed by atoms with Crippen LogP contribution in [0.15, 0.2) is 78.9 Å². The quantitative estimate of drug-likeness (QED) is 0.236. The Bertz CT molecular complexity index is 913. The van der Waals surface area contributed by atoms with Gasteiger partial charge in [-0.1, -0.05) is 67.4 Å². The maximum absolute atomic E-state index is 7.40. The summed E-state index contributed by atoms with van der Waals surface area (Å²) >= 11 is 7.40. The number of halogens is 1. The number of rotatable bonds is 6. The second-order valence-electron chi connectivity index (χ2n) is 8.01. The van der Waals surface area contributed by atoms with Crippen LogP contribution in [0.25, 0.3) is 0 Å². The Hall–Kier alpha value is -2.45. The van der Waals surface area contributed by atoms with E-state index >= 15 is 0 Å². The van der Waals surface area contributed by atoms with Gasteiger partial charge in [0.05, 0.1) is 13.2 Å². The minimum Gasteiger partial charge on any atom is -0.497 e. The molecule has 0 aliphatic heterocycles. The molecule has 0 radical (unpaired) electrons. The summed E-state index contributed by atoms with van der Waals surface area (Å²) in [6.07, 6.45) is 7.81. The minimum atomic E-state index is -0.783. The molecule has 0 bridgehead atoms. The zero-order valence-electron chi connectivity index (χ0n) is 17.5. The van der Waals surface area contributed by atoms with Crippen LogP contribution in [0.1, 0.15) is 55.2 Å². The molecule has 30 heavy (non-hydrogen) atoms. The number of hydrogen-bond donors (Lipinski definition) is 0. The molecule has 0 saturated heterocycles.